The van der Waals surface area contributed by atoms with Gasteiger partial charge in [-0.3, -0.25) is 0 Å². The summed E-state index contributed by atoms with van der Waals surface area (Å²) in [5.41, 5.74) is 3.07. The molecule has 1 aromatic carbocycles. The normalized spacial score (nSPS) is 16.9. The van der Waals surface area contributed by atoms with E-state index in [0.717, 1.165) is 39.9 Å². The van der Waals surface area contributed by atoms with E-state index in [1.54, 1.807) is 7.11 Å². The van der Waals surface area contributed by atoms with Gasteiger partial charge in [0.15, 0.2) is 5.65 Å². The molecule has 2 heterocycles. The van der Waals surface area contributed by atoms with Crippen LogP contribution >= 0.6 is 0 Å². The zero-order valence-electron chi connectivity index (χ0n) is 16.0. The second-order valence-corrected chi connectivity index (χ2v) is 7.37. The fourth-order valence-corrected chi connectivity index (χ4v) is 4.32. The van der Waals surface area contributed by atoms with Gasteiger partial charge in [-0.05, 0) is 50.8 Å². The van der Waals surface area contributed by atoms with Crippen LogP contribution in [0.1, 0.15) is 52.0 Å². The highest BCUT2D eigenvalue weighted by molar-refractivity contribution is 6.06. The van der Waals surface area contributed by atoms with Crippen LogP contribution in [0.5, 0.6) is 5.75 Å². The van der Waals surface area contributed by atoms with Gasteiger partial charge in [-0.15, -0.1) is 0 Å². The van der Waals surface area contributed by atoms with E-state index in [1.165, 1.54) is 32.1 Å². The lowest BCUT2D eigenvalue weighted by Crippen LogP contribution is -2.20. The van der Waals surface area contributed by atoms with E-state index in [4.69, 9.17) is 14.8 Å². The molecule has 0 aliphatic heterocycles. The lowest BCUT2D eigenvalue weighted by Gasteiger charge is -2.28. The van der Waals surface area contributed by atoms with Crippen molar-refractivity contribution in [3.63, 3.8) is 0 Å². The number of anilines is 1. The van der Waals surface area contributed by atoms with Crippen molar-refractivity contribution < 1.29 is 4.74 Å². The fraction of sp³-hybridized carbons (Fsp3) is 0.524. The standard InChI is InChI=1S/C21H28N4O/c1-4-22-20-17-12-16(26-3)10-11-19(17)24-21-18(20)13-23-25(21)14(2)15-8-6-5-7-9-15/h10-15H,4-9H2,1-3H3,(H,22,24)/t14-/m0/s1. The van der Waals surface area contributed by atoms with E-state index in [1.807, 2.05) is 18.3 Å². The molecule has 1 saturated carbocycles. The van der Waals surface area contributed by atoms with Crippen LogP contribution in [0.15, 0.2) is 24.4 Å². The highest BCUT2D eigenvalue weighted by Crippen LogP contribution is 2.37. The Morgan fingerprint density at radius 3 is 2.77 bits per heavy atom. The van der Waals surface area contributed by atoms with E-state index in [-0.39, 0.29) is 0 Å². The second kappa shape index (κ2) is 7.14. The number of fused-ring (bicyclic) bond motifs is 2. The number of nitrogens with one attached hydrogen (secondary N) is 1. The number of pyridine rings is 1. The fourth-order valence-electron chi connectivity index (χ4n) is 4.32. The van der Waals surface area contributed by atoms with Crippen molar-refractivity contribution in [2.75, 3.05) is 19.0 Å². The molecule has 4 rings (SSSR count). The Morgan fingerprint density at radius 1 is 1.23 bits per heavy atom. The largest absolute Gasteiger partial charge is 0.497 e. The number of rotatable bonds is 5. The molecule has 2 aromatic heterocycles. The van der Waals surface area contributed by atoms with Crippen LogP contribution in [0.25, 0.3) is 21.9 Å². The van der Waals surface area contributed by atoms with Crippen molar-refractivity contribution in [2.24, 2.45) is 5.92 Å². The first-order valence-corrected chi connectivity index (χ1v) is 9.81. The Morgan fingerprint density at radius 2 is 2.04 bits per heavy atom. The van der Waals surface area contributed by atoms with E-state index in [2.05, 4.69) is 29.9 Å². The zero-order valence-corrected chi connectivity index (χ0v) is 16.0. The minimum Gasteiger partial charge on any atom is -0.497 e. The third kappa shape index (κ3) is 2.89. The molecule has 0 unspecified atom stereocenters. The van der Waals surface area contributed by atoms with Gasteiger partial charge in [0.25, 0.3) is 0 Å². The first-order valence-electron chi connectivity index (χ1n) is 9.81. The molecule has 26 heavy (non-hydrogen) atoms. The van der Waals surface area contributed by atoms with Gasteiger partial charge in [-0.1, -0.05) is 19.3 Å². The van der Waals surface area contributed by atoms with Gasteiger partial charge < -0.3 is 10.1 Å². The summed E-state index contributed by atoms with van der Waals surface area (Å²) in [5.74, 6) is 1.54. The van der Waals surface area contributed by atoms with E-state index >= 15 is 0 Å². The maximum atomic E-state index is 5.41. The summed E-state index contributed by atoms with van der Waals surface area (Å²) in [4.78, 5) is 4.98. The summed E-state index contributed by atoms with van der Waals surface area (Å²) < 4.78 is 7.56. The summed E-state index contributed by atoms with van der Waals surface area (Å²) in [5, 5.41) is 10.5. The van der Waals surface area contributed by atoms with Crippen LogP contribution in [0, 0.1) is 5.92 Å². The van der Waals surface area contributed by atoms with Gasteiger partial charge in [0.2, 0.25) is 0 Å². The molecule has 0 bridgehead atoms. The van der Waals surface area contributed by atoms with Crippen LogP contribution in [0.4, 0.5) is 5.69 Å². The molecule has 1 fully saturated rings. The molecule has 0 amide bonds. The van der Waals surface area contributed by atoms with Gasteiger partial charge in [0.05, 0.1) is 35.9 Å². The Labute approximate surface area is 154 Å². The molecule has 5 nitrogen and oxygen atoms in total. The molecule has 0 saturated heterocycles. The molecule has 0 spiro atoms. The molecular weight excluding hydrogens is 324 g/mol. The van der Waals surface area contributed by atoms with E-state index in [9.17, 15) is 0 Å². The summed E-state index contributed by atoms with van der Waals surface area (Å²) >= 11 is 0. The average Bonchev–Trinajstić information content (AvgIpc) is 3.11. The summed E-state index contributed by atoms with van der Waals surface area (Å²) in [7, 11) is 1.70. The molecular formula is C21H28N4O. The Bertz CT molecular complexity index is 911. The molecule has 1 aliphatic rings. The molecule has 5 heteroatoms. The molecule has 1 aliphatic carbocycles. The highest BCUT2D eigenvalue weighted by Gasteiger charge is 2.24. The van der Waals surface area contributed by atoms with Crippen LogP contribution in [-0.2, 0) is 0 Å². The number of hydrogen-bond donors (Lipinski definition) is 1. The average molecular weight is 352 g/mol. The van der Waals surface area contributed by atoms with Crippen molar-refractivity contribution in [2.45, 2.75) is 52.0 Å². The number of methoxy groups -OCH3 is 1. The molecule has 3 aromatic rings. The minimum atomic E-state index is 0.380. The number of benzene rings is 1. The van der Waals surface area contributed by atoms with Crippen molar-refractivity contribution in [3.8, 4) is 5.75 Å². The maximum absolute atomic E-state index is 5.41. The number of aromatic nitrogens is 3. The minimum absolute atomic E-state index is 0.380. The van der Waals surface area contributed by atoms with Crippen molar-refractivity contribution in [3.05, 3.63) is 24.4 Å². The van der Waals surface area contributed by atoms with Crippen LogP contribution < -0.4 is 10.1 Å². The van der Waals surface area contributed by atoms with Gasteiger partial charge in [-0.25, -0.2) is 9.67 Å². The second-order valence-electron chi connectivity index (χ2n) is 7.37. The summed E-state index contributed by atoms with van der Waals surface area (Å²) in [6.07, 6.45) is 8.62. The lowest BCUT2D eigenvalue weighted by atomic mass is 9.84. The van der Waals surface area contributed by atoms with Gasteiger partial charge in [0.1, 0.15) is 5.75 Å². The number of nitrogens with zero attached hydrogens (tertiary/aromatic N) is 3. The summed E-state index contributed by atoms with van der Waals surface area (Å²) in [6.45, 7) is 5.28. The van der Waals surface area contributed by atoms with Crippen LogP contribution in [-0.4, -0.2) is 28.4 Å². The Hall–Kier alpha value is -2.30. The third-order valence-corrected chi connectivity index (χ3v) is 5.81. The van der Waals surface area contributed by atoms with Crippen molar-refractivity contribution in [1.82, 2.24) is 14.8 Å². The highest BCUT2D eigenvalue weighted by atomic mass is 16.5. The predicted molar refractivity (Wildman–Crippen MR) is 107 cm³/mol. The molecule has 1 N–H and O–H groups in total. The topological polar surface area (TPSA) is 52.0 Å². The maximum Gasteiger partial charge on any atom is 0.160 e. The number of hydrogen-bond acceptors (Lipinski definition) is 4. The summed E-state index contributed by atoms with van der Waals surface area (Å²) in [6, 6.07) is 6.45. The molecule has 0 radical (unpaired) electrons. The van der Waals surface area contributed by atoms with Crippen molar-refractivity contribution in [1.29, 1.82) is 0 Å². The van der Waals surface area contributed by atoms with Crippen molar-refractivity contribution >= 4 is 27.6 Å². The SMILES string of the molecule is CCNc1c2cc(OC)ccc2nc2c1cnn2[C@@H](C)C1CCCCC1. The van der Waals surface area contributed by atoms with E-state index in [0.29, 0.717) is 12.0 Å². The van der Waals surface area contributed by atoms with E-state index < -0.39 is 0 Å². The molecule has 1 atom stereocenters. The van der Waals surface area contributed by atoms with Gasteiger partial charge in [0, 0.05) is 11.9 Å². The number of ether oxygens (including phenoxy) is 1. The lowest BCUT2D eigenvalue weighted by molar-refractivity contribution is 0.254. The van der Waals surface area contributed by atoms with Crippen LogP contribution in [0.2, 0.25) is 0 Å². The third-order valence-electron chi connectivity index (χ3n) is 5.81. The Balaban J connectivity index is 1.86. The van der Waals surface area contributed by atoms with Crippen LogP contribution in [0.3, 0.4) is 0 Å². The quantitative estimate of drug-likeness (QED) is 0.688. The molecule has 138 valence electrons. The van der Waals surface area contributed by atoms with Gasteiger partial charge >= 0.3 is 0 Å². The van der Waals surface area contributed by atoms with Gasteiger partial charge in [-0.2, -0.15) is 5.10 Å². The predicted octanol–water partition coefficient (Wildman–Crippen LogP) is 5.17. The first-order chi connectivity index (χ1) is 12.7. The monoisotopic (exact) mass is 352 g/mol. The first kappa shape index (κ1) is 17.1. The Kier molecular flexibility index (Phi) is 4.70. The zero-order chi connectivity index (χ0) is 18.1. The smallest absolute Gasteiger partial charge is 0.160 e.